The van der Waals surface area contributed by atoms with Crippen LogP contribution in [0.2, 0.25) is 0 Å². The van der Waals surface area contributed by atoms with Gasteiger partial charge in [0.05, 0.1) is 18.8 Å². The highest BCUT2D eigenvalue weighted by molar-refractivity contribution is 9.10. The average Bonchev–Trinajstić information content (AvgIpc) is 3.10. The molecule has 3 rings (SSSR count). The van der Waals surface area contributed by atoms with Gasteiger partial charge in [-0.25, -0.2) is 4.39 Å². The molecule has 1 aliphatic heterocycles. The van der Waals surface area contributed by atoms with Crippen molar-refractivity contribution >= 4 is 15.9 Å². The number of halogens is 2. The van der Waals surface area contributed by atoms with Crippen molar-refractivity contribution in [3.63, 3.8) is 0 Å². The van der Waals surface area contributed by atoms with E-state index in [4.69, 9.17) is 4.74 Å². The van der Waals surface area contributed by atoms with E-state index < -0.39 is 6.10 Å². The molecule has 0 spiro atoms. The second-order valence-corrected chi connectivity index (χ2v) is 8.68. The van der Waals surface area contributed by atoms with Gasteiger partial charge in [-0.3, -0.25) is 4.90 Å². The van der Waals surface area contributed by atoms with Gasteiger partial charge in [0.2, 0.25) is 0 Å². The fourth-order valence-electron chi connectivity index (χ4n) is 3.81. The number of aliphatic hydroxyl groups excluding tert-OH is 1. The van der Waals surface area contributed by atoms with Gasteiger partial charge in [-0.2, -0.15) is 0 Å². The van der Waals surface area contributed by atoms with Crippen LogP contribution in [0.5, 0.6) is 0 Å². The topological polar surface area (TPSA) is 32.7 Å². The van der Waals surface area contributed by atoms with Crippen LogP contribution in [0.25, 0.3) is 0 Å². The predicted octanol–water partition coefficient (Wildman–Crippen LogP) is 5.04. The molecule has 0 amide bonds. The van der Waals surface area contributed by atoms with E-state index in [2.05, 4.69) is 20.8 Å². The van der Waals surface area contributed by atoms with E-state index in [0.29, 0.717) is 24.8 Å². The van der Waals surface area contributed by atoms with Gasteiger partial charge in [-0.05, 0) is 74.5 Å². The summed E-state index contributed by atoms with van der Waals surface area (Å²) in [5, 5.41) is 10.5. The van der Waals surface area contributed by atoms with E-state index in [1.54, 1.807) is 13.0 Å². The molecule has 0 aromatic heterocycles. The Morgan fingerprint density at radius 3 is 2.71 bits per heavy atom. The molecule has 3 atom stereocenters. The van der Waals surface area contributed by atoms with Gasteiger partial charge in [0.25, 0.3) is 0 Å². The molecule has 1 N–H and O–H groups in total. The van der Waals surface area contributed by atoms with Gasteiger partial charge in [-0.1, -0.05) is 40.2 Å². The molecule has 5 heteroatoms. The quantitative estimate of drug-likeness (QED) is 0.612. The number of ether oxygens (including phenoxy) is 1. The maximum Gasteiger partial charge on any atom is 0.126 e. The highest BCUT2D eigenvalue weighted by Crippen LogP contribution is 2.23. The Morgan fingerprint density at radius 2 is 2.00 bits per heavy atom. The minimum atomic E-state index is -0.534. The van der Waals surface area contributed by atoms with Crippen molar-refractivity contribution in [3.8, 4) is 0 Å². The van der Waals surface area contributed by atoms with Crippen LogP contribution < -0.4 is 0 Å². The Labute approximate surface area is 175 Å². The maximum absolute atomic E-state index is 13.8. The van der Waals surface area contributed by atoms with E-state index >= 15 is 0 Å². The fraction of sp³-hybridized carbons (Fsp3) is 0.478. The molecule has 0 aliphatic carbocycles. The van der Waals surface area contributed by atoms with Crippen molar-refractivity contribution in [1.82, 2.24) is 4.90 Å². The van der Waals surface area contributed by atoms with Crippen molar-refractivity contribution in [1.29, 1.82) is 0 Å². The van der Waals surface area contributed by atoms with E-state index in [1.807, 2.05) is 43.3 Å². The number of likely N-dealkylation sites (tertiary alicyclic amines) is 1. The highest BCUT2D eigenvalue weighted by Gasteiger charge is 2.26. The lowest BCUT2D eigenvalue weighted by molar-refractivity contribution is -0.0171. The number of rotatable bonds is 8. The zero-order valence-corrected chi connectivity index (χ0v) is 18.2. The monoisotopic (exact) mass is 449 g/mol. The number of benzene rings is 2. The first-order valence-corrected chi connectivity index (χ1v) is 10.8. The molecule has 1 heterocycles. The van der Waals surface area contributed by atoms with Crippen LogP contribution in [0.3, 0.4) is 0 Å². The van der Waals surface area contributed by atoms with Gasteiger partial charge < -0.3 is 9.84 Å². The Kier molecular flexibility index (Phi) is 7.63. The minimum Gasteiger partial charge on any atom is -0.389 e. The second-order valence-electron chi connectivity index (χ2n) is 7.76. The van der Waals surface area contributed by atoms with Crippen LogP contribution in [0, 0.1) is 12.7 Å². The highest BCUT2D eigenvalue weighted by atomic mass is 79.9. The second kappa shape index (κ2) is 9.97. The normalized spacial score (nSPS) is 19.7. The van der Waals surface area contributed by atoms with E-state index in [9.17, 15) is 9.50 Å². The summed E-state index contributed by atoms with van der Waals surface area (Å²) in [5.74, 6) is -0.141. The maximum atomic E-state index is 13.8. The van der Waals surface area contributed by atoms with Gasteiger partial charge in [0.1, 0.15) is 5.82 Å². The summed E-state index contributed by atoms with van der Waals surface area (Å²) in [7, 11) is 0. The van der Waals surface area contributed by atoms with Crippen LogP contribution >= 0.6 is 15.9 Å². The predicted molar refractivity (Wildman–Crippen MR) is 114 cm³/mol. The van der Waals surface area contributed by atoms with Gasteiger partial charge in [-0.15, -0.1) is 0 Å². The molecule has 1 fully saturated rings. The number of nitrogens with zero attached hydrogens (tertiary/aromatic N) is 1. The van der Waals surface area contributed by atoms with Crippen molar-refractivity contribution in [3.05, 3.63) is 69.4 Å². The fourth-order valence-corrected chi connectivity index (χ4v) is 4.08. The van der Waals surface area contributed by atoms with Crippen LogP contribution in [0.4, 0.5) is 4.39 Å². The van der Waals surface area contributed by atoms with Gasteiger partial charge in [0.15, 0.2) is 0 Å². The number of β-amino-alcohol motifs (C(OH)–C–C–N with tert-alkyl or cyclic N) is 1. The molecule has 152 valence electrons. The van der Waals surface area contributed by atoms with Crippen molar-refractivity contribution in [2.45, 2.75) is 51.4 Å². The Bertz CT molecular complexity index is 768. The van der Waals surface area contributed by atoms with E-state index in [-0.39, 0.29) is 11.9 Å². The number of hydrogen-bond donors (Lipinski definition) is 1. The van der Waals surface area contributed by atoms with Crippen molar-refractivity contribution < 1.29 is 14.2 Å². The summed E-state index contributed by atoms with van der Waals surface area (Å²) < 4.78 is 20.7. The van der Waals surface area contributed by atoms with E-state index in [1.165, 1.54) is 0 Å². The van der Waals surface area contributed by atoms with Crippen LogP contribution in [0.1, 0.15) is 42.6 Å². The van der Waals surface area contributed by atoms with Crippen molar-refractivity contribution in [2.24, 2.45) is 0 Å². The summed E-state index contributed by atoms with van der Waals surface area (Å²) in [6, 6.07) is 13.9. The lowest BCUT2D eigenvalue weighted by Gasteiger charge is -2.27. The lowest BCUT2D eigenvalue weighted by atomic mass is 10.0. The standard InChI is InChI=1S/C23H29BrFNO2/c1-16-5-6-18(13-23(16)25)12-21-4-3-11-26(21)14-22(27)15-28-17(2)19-7-9-20(24)10-8-19/h5-10,13,17,21-22,27H,3-4,11-12,14-15H2,1-2H3/t17-,21+,22-/m1/s1. The smallest absolute Gasteiger partial charge is 0.126 e. The molecule has 0 radical (unpaired) electrons. The summed E-state index contributed by atoms with van der Waals surface area (Å²) >= 11 is 3.44. The Hall–Kier alpha value is -1.27. The SMILES string of the molecule is Cc1ccc(C[C@@H]2CCCN2C[C@@H](O)CO[C@H](C)c2ccc(Br)cc2)cc1F. The van der Waals surface area contributed by atoms with Gasteiger partial charge in [0, 0.05) is 17.1 Å². The molecule has 0 saturated carbocycles. The molecule has 2 aromatic carbocycles. The average molecular weight is 450 g/mol. The molecular weight excluding hydrogens is 421 g/mol. The molecule has 3 nitrogen and oxygen atoms in total. The molecular formula is C23H29BrFNO2. The first-order chi connectivity index (χ1) is 13.4. The largest absolute Gasteiger partial charge is 0.389 e. The molecule has 1 aliphatic rings. The number of aryl methyl sites for hydroxylation is 1. The van der Waals surface area contributed by atoms with E-state index in [0.717, 1.165) is 41.4 Å². The lowest BCUT2D eigenvalue weighted by Crippen LogP contribution is -2.39. The summed E-state index contributed by atoms with van der Waals surface area (Å²) in [6.07, 6.45) is 2.42. The Morgan fingerprint density at radius 1 is 1.25 bits per heavy atom. The first-order valence-electron chi connectivity index (χ1n) is 9.96. The third-order valence-electron chi connectivity index (χ3n) is 5.53. The number of hydrogen-bond acceptors (Lipinski definition) is 3. The third-order valence-corrected chi connectivity index (χ3v) is 6.06. The van der Waals surface area contributed by atoms with Crippen LogP contribution in [0.15, 0.2) is 46.9 Å². The zero-order chi connectivity index (χ0) is 20.1. The molecule has 0 bridgehead atoms. The zero-order valence-electron chi connectivity index (χ0n) is 16.6. The summed E-state index contributed by atoms with van der Waals surface area (Å²) in [6.45, 7) is 5.65. The molecule has 1 saturated heterocycles. The van der Waals surface area contributed by atoms with Crippen LogP contribution in [-0.4, -0.2) is 41.8 Å². The molecule has 2 aromatic rings. The molecule has 0 unspecified atom stereocenters. The number of aliphatic hydroxyl groups is 1. The summed E-state index contributed by atoms with van der Waals surface area (Å²) in [4.78, 5) is 2.32. The minimum absolute atomic E-state index is 0.0624. The van der Waals surface area contributed by atoms with Gasteiger partial charge >= 0.3 is 0 Å². The third kappa shape index (κ3) is 5.86. The molecule has 28 heavy (non-hydrogen) atoms. The van der Waals surface area contributed by atoms with Crippen LogP contribution in [-0.2, 0) is 11.2 Å². The summed E-state index contributed by atoms with van der Waals surface area (Å²) in [5.41, 5.74) is 2.80. The van der Waals surface area contributed by atoms with Crippen molar-refractivity contribution in [2.75, 3.05) is 19.7 Å². The first kappa shape index (κ1) is 21.4. The Balaban J connectivity index is 1.49.